The maximum absolute atomic E-state index is 12.4. The number of methoxy groups -OCH3 is 2. The number of nitrogens with one attached hydrogen (secondary N) is 1. The molecule has 2 aromatic carbocycles. The molecule has 0 aliphatic heterocycles. The van der Waals surface area contributed by atoms with Gasteiger partial charge < -0.3 is 14.2 Å². The molecule has 2 aromatic heterocycles. The lowest BCUT2D eigenvalue weighted by Gasteiger charge is -2.09. The van der Waals surface area contributed by atoms with Gasteiger partial charge in [0, 0.05) is 18.2 Å². The van der Waals surface area contributed by atoms with Crippen molar-refractivity contribution in [3.05, 3.63) is 60.7 Å². The van der Waals surface area contributed by atoms with Crippen LogP contribution in [0.25, 0.3) is 17.0 Å². The molecule has 0 fully saturated rings. The summed E-state index contributed by atoms with van der Waals surface area (Å²) in [6.07, 6.45) is 0. The first-order valence-corrected chi connectivity index (χ1v) is 11.1. The highest BCUT2D eigenvalue weighted by molar-refractivity contribution is 7.89. The first-order valence-electron chi connectivity index (χ1n) is 9.63. The quantitative estimate of drug-likeness (QED) is 0.382. The molecular formula is C21H21N5O5S. The third-order valence-electron chi connectivity index (χ3n) is 4.60. The molecule has 11 heteroatoms. The fourth-order valence-electron chi connectivity index (χ4n) is 2.94. The number of aromatic nitrogens is 4. The Balaban J connectivity index is 1.41. The van der Waals surface area contributed by atoms with Crippen molar-refractivity contribution in [3.63, 3.8) is 0 Å². The van der Waals surface area contributed by atoms with Crippen LogP contribution in [0.3, 0.4) is 0 Å². The fourth-order valence-corrected chi connectivity index (χ4v) is 3.95. The van der Waals surface area contributed by atoms with Crippen LogP contribution in [0.4, 0.5) is 0 Å². The van der Waals surface area contributed by atoms with Crippen molar-refractivity contribution in [2.45, 2.75) is 4.90 Å². The molecule has 4 rings (SSSR count). The molecule has 0 saturated carbocycles. The van der Waals surface area contributed by atoms with E-state index in [1.54, 1.807) is 35.9 Å². The first-order chi connectivity index (χ1) is 15.5. The monoisotopic (exact) mass is 455 g/mol. The standard InChI is InChI=1S/C21H21N5O5S/c1-29-16-5-3-15(4-6-16)21-24-23-19-11-12-20(25-26(19)21)31-14-13-22-32(27,28)18-9-7-17(30-2)8-10-18/h3-12,22H,13-14H2,1-2H3. The Hall–Kier alpha value is -3.70. The lowest BCUT2D eigenvalue weighted by molar-refractivity contribution is 0.306. The Kier molecular flexibility index (Phi) is 6.19. The van der Waals surface area contributed by atoms with Crippen molar-refractivity contribution in [1.82, 2.24) is 24.5 Å². The largest absolute Gasteiger partial charge is 0.497 e. The van der Waals surface area contributed by atoms with Gasteiger partial charge in [-0.15, -0.1) is 15.3 Å². The lowest BCUT2D eigenvalue weighted by atomic mass is 10.2. The maximum Gasteiger partial charge on any atom is 0.240 e. The first kappa shape index (κ1) is 21.5. The second-order valence-corrected chi connectivity index (χ2v) is 8.38. The Morgan fingerprint density at radius 1 is 0.875 bits per heavy atom. The molecule has 0 atom stereocenters. The van der Waals surface area contributed by atoms with Gasteiger partial charge in [-0.05, 0) is 54.6 Å². The zero-order chi connectivity index (χ0) is 22.6. The Morgan fingerprint density at radius 2 is 1.53 bits per heavy atom. The van der Waals surface area contributed by atoms with Crippen molar-refractivity contribution in [2.75, 3.05) is 27.4 Å². The van der Waals surface area contributed by atoms with E-state index in [2.05, 4.69) is 20.0 Å². The van der Waals surface area contributed by atoms with Crippen molar-refractivity contribution in [2.24, 2.45) is 0 Å². The zero-order valence-corrected chi connectivity index (χ0v) is 18.2. The van der Waals surface area contributed by atoms with Crippen LogP contribution < -0.4 is 18.9 Å². The van der Waals surface area contributed by atoms with Crippen LogP contribution in [0.5, 0.6) is 17.4 Å². The molecule has 2 heterocycles. The van der Waals surface area contributed by atoms with Crippen LogP contribution in [0.15, 0.2) is 65.6 Å². The smallest absolute Gasteiger partial charge is 0.240 e. The molecule has 0 amide bonds. The van der Waals surface area contributed by atoms with Crippen LogP contribution in [0.2, 0.25) is 0 Å². The van der Waals surface area contributed by atoms with Crippen molar-refractivity contribution in [1.29, 1.82) is 0 Å². The minimum atomic E-state index is -3.66. The fraction of sp³-hybridized carbons (Fsp3) is 0.190. The third-order valence-corrected chi connectivity index (χ3v) is 6.08. The second-order valence-electron chi connectivity index (χ2n) is 6.62. The average Bonchev–Trinajstić information content (AvgIpc) is 3.25. The number of ether oxygens (including phenoxy) is 3. The van der Waals surface area contributed by atoms with Gasteiger partial charge in [0.15, 0.2) is 11.5 Å². The number of nitrogens with zero attached hydrogens (tertiary/aromatic N) is 4. The van der Waals surface area contributed by atoms with Crippen molar-refractivity contribution in [3.8, 4) is 28.8 Å². The Morgan fingerprint density at radius 3 is 2.19 bits per heavy atom. The summed E-state index contributed by atoms with van der Waals surface area (Å²) in [4.78, 5) is 0.145. The molecule has 1 N–H and O–H groups in total. The lowest BCUT2D eigenvalue weighted by Crippen LogP contribution is -2.28. The van der Waals surface area contributed by atoms with Gasteiger partial charge >= 0.3 is 0 Å². The highest BCUT2D eigenvalue weighted by atomic mass is 32.2. The molecule has 0 spiro atoms. The summed E-state index contributed by atoms with van der Waals surface area (Å²) >= 11 is 0. The molecule has 0 aliphatic carbocycles. The molecular weight excluding hydrogens is 434 g/mol. The van der Waals surface area contributed by atoms with E-state index in [4.69, 9.17) is 14.2 Å². The SMILES string of the molecule is COc1ccc(-c2nnc3ccc(OCCNS(=O)(=O)c4ccc(OC)cc4)nn23)cc1. The van der Waals surface area contributed by atoms with E-state index < -0.39 is 10.0 Å². The predicted molar refractivity (Wildman–Crippen MR) is 116 cm³/mol. The maximum atomic E-state index is 12.4. The molecule has 166 valence electrons. The Labute approximate surface area is 184 Å². The molecule has 4 aromatic rings. The topological polar surface area (TPSA) is 117 Å². The molecule has 0 unspecified atom stereocenters. The van der Waals surface area contributed by atoms with E-state index in [-0.39, 0.29) is 18.0 Å². The summed E-state index contributed by atoms with van der Waals surface area (Å²) in [5.74, 6) is 2.18. The van der Waals surface area contributed by atoms with Crippen LogP contribution in [-0.4, -0.2) is 55.6 Å². The number of sulfonamides is 1. The van der Waals surface area contributed by atoms with E-state index in [0.717, 1.165) is 11.3 Å². The van der Waals surface area contributed by atoms with Crippen LogP contribution in [0.1, 0.15) is 0 Å². The number of benzene rings is 2. The van der Waals surface area contributed by atoms with E-state index in [9.17, 15) is 8.42 Å². The molecule has 32 heavy (non-hydrogen) atoms. The van der Waals surface area contributed by atoms with Gasteiger partial charge in [-0.2, -0.15) is 4.52 Å². The Bertz CT molecular complexity index is 1300. The van der Waals surface area contributed by atoms with Gasteiger partial charge in [0.25, 0.3) is 0 Å². The van der Waals surface area contributed by atoms with Gasteiger partial charge in [0.1, 0.15) is 18.1 Å². The van der Waals surface area contributed by atoms with E-state index in [1.165, 1.54) is 19.2 Å². The summed E-state index contributed by atoms with van der Waals surface area (Å²) in [6.45, 7) is 0.162. The van der Waals surface area contributed by atoms with Crippen LogP contribution in [0, 0.1) is 0 Å². The van der Waals surface area contributed by atoms with E-state index >= 15 is 0 Å². The highest BCUT2D eigenvalue weighted by Gasteiger charge is 2.14. The molecule has 0 bridgehead atoms. The third kappa shape index (κ3) is 4.63. The predicted octanol–water partition coefficient (Wildman–Crippen LogP) is 2.17. The molecule has 10 nitrogen and oxygen atoms in total. The van der Waals surface area contributed by atoms with Crippen molar-refractivity contribution >= 4 is 15.7 Å². The summed E-state index contributed by atoms with van der Waals surface area (Å²) in [7, 11) is -0.536. The molecule has 0 radical (unpaired) electrons. The number of hydrogen-bond acceptors (Lipinski definition) is 8. The normalized spacial score (nSPS) is 11.4. The van der Waals surface area contributed by atoms with Crippen LogP contribution in [-0.2, 0) is 10.0 Å². The van der Waals surface area contributed by atoms with Crippen LogP contribution >= 0.6 is 0 Å². The zero-order valence-electron chi connectivity index (χ0n) is 17.4. The van der Waals surface area contributed by atoms with E-state index in [0.29, 0.717) is 23.1 Å². The number of fused-ring (bicyclic) bond motifs is 1. The second kappa shape index (κ2) is 9.20. The van der Waals surface area contributed by atoms with Gasteiger partial charge in [-0.25, -0.2) is 13.1 Å². The summed E-state index contributed by atoms with van der Waals surface area (Å²) in [5.41, 5.74) is 1.37. The van der Waals surface area contributed by atoms with Gasteiger partial charge in [-0.1, -0.05) is 0 Å². The average molecular weight is 455 g/mol. The van der Waals surface area contributed by atoms with Crippen molar-refractivity contribution < 1.29 is 22.6 Å². The highest BCUT2D eigenvalue weighted by Crippen LogP contribution is 2.22. The minimum absolute atomic E-state index is 0.0710. The number of rotatable bonds is 9. The summed E-state index contributed by atoms with van der Waals surface area (Å²) in [6, 6.07) is 16.9. The van der Waals surface area contributed by atoms with Gasteiger partial charge in [-0.3, -0.25) is 0 Å². The van der Waals surface area contributed by atoms with Gasteiger partial charge in [0.2, 0.25) is 15.9 Å². The summed E-state index contributed by atoms with van der Waals surface area (Å²) in [5, 5.41) is 12.7. The van der Waals surface area contributed by atoms with Gasteiger partial charge in [0.05, 0.1) is 19.1 Å². The minimum Gasteiger partial charge on any atom is -0.497 e. The molecule has 0 saturated heterocycles. The summed E-state index contributed by atoms with van der Waals surface area (Å²) < 4.78 is 44.7. The van der Waals surface area contributed by atoms with E-state index in [1.807, 2.05) is 24.3 Å². The molecule has 0 aliphatic rings. The number of hydrogen-bond donors (Lipinski definition) is 1.